The van der Waals surface area contributed by atoms with Gasteiger partial charge in [-0.25, -0.2) is 4.68 Å². The largest absolute Gasteiger partial charge is 0.396 e. The topological polar surface area (TPSA) is 67.2 Å². The van der Waals surface area contributed by atoms with Crippen LogP contribution in [0.3, 0.4) is 0 Å². The van der Waals surface area contributed by atoms with E-state index in [1.807, 2.05) is 55.6 Å². The van der Waals surface area contributed by atoms with E-state index in [1.165, 1.54) is 0 Å². The van der Waals surface area contributed by atoms with Crippen LogP contribution in [0.2, 0.25) is 0 Å². The van der Waals surface area contributed by atoms with E-state index >= 15 is 0 Å². The molecule has 2 aromatic carbocycles. The molecule has 0 spiro atoms. The van der Waals surface area contributed by atoms with Gasteiger partial charge >= 0.3 is 0 Å². The standard InChI is InChI=1S/C21H23N3O2/c1-16-13-23-24(15-16)20-9-7-18(8-10-20)21(26)22-14-19(11-12-25)17-5-3-2-4-6-17/h2-10,13,15,19,25H,11-12,14H2,1H3,(H,22,26). The van der Waals surface area contributed by atoms with Crippen LogP contribution in [0, 0.1) is 6.92 Å². The number of benzene rings is 2. The zero-order chi connectivity index (χ0) is 18.4. The number of amides is 1. The molecule has 1 aromatic heterocycles. The summed E-state index contributed by atoms with van der Waals surface area (Å²) in [4.78, 5) is 12.4. The van der Waals surface area contributed by atoms with Crippen molar-refractivity contribution >= 4 is 5.91 Å². The van der Waals surface area contributed by atoms with E-state index in [4.69, 9.17) is 0 Å². The van der Waals surface area contributed by atoms with Gasteiger partial charge in [0.2, 0.25) is 0 Å². The fourth-order valence-corrected chi connectivity index (χ4v) is 2.91. The summed E-state index contributed by atoms with van der Waals surface area (Å²) in [7, 11) is 0. The number of hydrogen-bond donors (Lipinski definition) is 2. The first-order chi connectivity index (χ1) is 12.7. The summed E-state index contributed by atoms with van der Waals surface area (Å²) < 4.78 is 1.78. The number of aryl methyl sites for hydroxylation is 1. The Bertz CT molecular complexity index is 841. The number of aliphatic hydroxyl groups excluding tert-OH is 1. The first kappa shape index (κ1) is 17.9. The molecule has 5 nitrogen and oxygen atoms in total. The average Bonchev–Trinajstić information content (AvgIpc) is 3.12. The lowest BCUT2D eigenvalue weighted by molar-refractivity contribution is 0.0949. The Morgan fingerprint density at radius 2 is 1.88 bits per heavy atom. The lowest BCUT2D eigenvalue weighted by Gasteiger charge is -2.17. The van der Waals surface area contributed by atoms with Crippen LogP contribution in [0.4, 0.5) is 0 Å². The maximum absolute atomic E-state index is 12.4. The number of carbonyl (C=O) groups excluding carboxylic acids is 1. The number of aliphatic hydroxyl groups is 1. The molecule has 26 heavy (non-hydrogen) atoms. The van der Waals surface area contributed by atoms with E-state index in [1.54, 1.807) is 23.0 Å². The Hall–Kier alpha value is -2.92. The van der Waals surface area contributed by atoms with Crippen molar-refractivity contribution in [1.29, 1.82) is 0 Å². The van der Waals surface area contributed by atoms with E-state index in [2.05, 4.69) is 10.4 Å². The number of hydrogen-bond acceptors (Lipinski definition) is 3. The fraction of sp³-hybridized carbons (Fsp3) is 0.238. The first-order valence-electron chi connectivity index (χ1n) is 8.73. The first-order valence-corrected chi connectivity index (χ1v) is 8.73. The summed E-state index contributed by atoms with van der Waals surface area (Å²) in [6, 6.07) is 17.3. The third-order valence-electron chi connectivity index (χ3n) is 4.36. The monoisotopic (exact) mass is 349 g/mol. The maximum atomic E-state index is 12.4. The second-order valence-corrected chi connectivity index (χ2v) is 6.34. The summed E-state index contributed by atoms with van der Waals surface area (Å²) in [5.74, 6) is -0.0245. The minimum atomic E-state index is -0.118. The second-order valence-electron chi connectivity index (χ2n) is 6.34. The predicted molar refractivity (Wildman–Crippen MR) is 102 cm³/mol. The summed E-state index contributed by atoms with van der Waals surface area (Å²) >= 11 is 0. The maximum Gasteiger partial charge on any atom is 0.251 e. The van der Waals surface area contributed by atoms with Gasteiger partial charge in [0.05, 0.1) is 11.9 Å². The van der Waals surface area contributed by atoms with Crippen molar-refractivity contribution in [2.75, 3.05) is 13.2 Å². The zero-order valence-corrected chi connectivity index (χ0v) is 14.8. The highest BCUT2D eigenvalue weighted by atomic mass is 16.3. The second kappa shape index (κ2) is 8.45. The molecule has 0 saturated heterocycles. The molecule has 1 unspecified atom stereocenters. The van der Waals surface area contributed by atoms with Crippen molar-refractivity contribution in [2.24, 2.45) is 0 Å². The van der Waals surface area contributed by atoms with Crippen LogP contribution in [0.1, 0.15) is 33.8 Å². The molecule has 0 fully saturated rings. The average molecular weight is 349 g/mol. The molecule has 134 valence electrons. The molecule has 2 N–H and O–H groups in total. The third kappa shape index (κ3) is 4.37. The van der Waals surface area contributed by atoms with Gasteiger partial charge in [-0.3, -0.25) is 4.79 Å². The Morgan fingerprint density at radius 3 is 2.50 bits per heavy atom. The number of aromatic nitrogens is 2. The van der Waals surface area contributed by atoms with Gasteiger partial charge in [0.1, 0.15) is 0 Å². The van der Waals surface area contributed by atoms with Crippen molar-refractivity contribution in [3.8, 4) is 5.69 Å². The van der Waals surface area contributed by atoms with E-state index in [9.17, 15) is 9.90 Å². The smallest absolute Gasteiger partial charge is 0.251 e. The minimum Gasteiger partial charge on any atom is -0.396 e. The van der Waals surface area contributed by atoms with E-state index in [0.717, 1.165) is 16.8 Å². The highest BCUT2D eigenvalue weighted by molar-refractivity contribution is 5.94. The summed E-state index contributed by atoms with van der Waals surface area (Å²) in [6.07, 6.45) is 4.35. The number of carbonyl (C=O) groups is 1. The molecular formula is C21H23N3O2. The van der Waals surface area contributed by atoms with Gasteiger partial charge in [-0.2, -0.15) is 5.10 Å². The molecule has 0 radical (unpaired) electrons. The summed E-state index contributed by atoms with van der Waals surface area (Å²) in [5, 5.41) is 16.5. The fourth-order valence-electron chi connectivity index (χ4n) is 2.91. The third-order valence-corrected chi connectivity index (χ3v) is 4.36. The van der Waals surface area contributed by atoms with Gasteiger partial charge in [-0.1, -0.05) is 30.3 Å². The quantitative estimate of drug-likeness (QED) is 0.689. The van der Waals surface area contributed by atoms with Crippen LogP contribution in [0.15, 0.2) is 67.0 Å². The molecule has 1 amide bonds. The lowest BCUT2D eigenvalue weighted by atomic mass is 9.96. The molecule has 3 aromatic rings. The number of nitrogens with zero attached hydrogens (tertiary/aromatic N) is 2. The van der Waals surface area contributed by atoms with Crippen LogP contribution >= 0.6 is 0 Å². The Morgan fingerprint density at radius 1 is 1.15 bits per heavy atom. The van der Waals surface area contributed by atoms with Gasteiger partial charge in [0, 0.05) is 30.8 Å². The number of rotatable bonds is 7. The van der Waals surface area contributed by atoms with Crippen LogP contribution in [-0.2, 0) is 0 Å². The van der Waals surface area contributed by atoms with Crippen molar-refractivity contribution in [1.82, 2.24) is 15.1 Å². The van der Waals surface area contributed by atoms with Gasteiger partial charge in [-0.05, 0) is 48.7 Å². The minimum absolute atomic E-state index is 0.0907. The van der Waals surface area contributed by atoms with Crippen molar-refractivity contribution in [3.05, 3.63) is 83.7 Å². The van der Waals surface area contributed by atoms with Crippen molar-refractivity contribution < 1.29 is 9.90 Å². The van der Waals surface area contributed by atoms with E-state index < -0.39 is 0 Å². The highest BCUT2D eigenvalue weighted by Gasteiger charge is 2.13. The Balaban J connectivity index is 1.63. The van der Waals surface area contributed by atoms with Crippen LogP contribution < -0.4 is 5.32 Å². The van der Waals surface area contributed by atoms with Gasteiger partial charge < -0.3 is 10.4 Å². The Labute approximate surface area is 153 Å². The normalized spacial score (nSPS) is 11.9. The molecular weight excluding hydrogens is 326 g/mol. The van der Waals surface area contributed by atoms with Crippen molar-refractivity contribution in [3.63, 3.8) is 0 Å². The molecule has 1 atom stereocenters. The molecule has 0 aliphatic rings. The molecule has 0 aliphatic carbocycles. The molecule has 1 heterocycles. The van der Waals surface area contributed by atoms with Gasteiger partial charge in [0.25, 0.3) is 5.91 Å². The molecule has 0 bridgehead atoms. The number of nitrogens with one attached hydrogen (secondary N) is 1. The molecule has 3 rings (SSSR count). The van der Waals surface area contributed by atoms with Gasteiger partial charge in [0.15, 0.2) is 0 Å². The highest BCUT2D eigenvalue weighted by Crippen LogP contribution is 2.18. The summed E-state index contributed by atoms with van der Waals surface area (Å²) in [6.45, 7) is 2.57. The zero-order valence-electron chi connectivity index (χ0n) is 14.8. The van der Waals surface area contributed by atoms with Gasteiger partial charge in [-0.15, -0.1) is 0 Å². The van der Waals surface area contributed by atoms with E-state index in [-0.39, 0.29) is 18.4 Å². The van der Waals surface area contributed by atoms with E-state index in [0.29, 0.717) is 18.5 Å². The predicted octanol–water partition coefficient (Wildman–Crippen LogP) is 3.08. The van der Waals surface area contributed by atoms with Crippen molar-refractivity contribution in [2.45, 2.75) is 19.3 Å². The molecule has 0 aliphatic heterocycles. The SMILES string of the molecule is Cc1cnn(-c2ccc(C(=O)NCC(CCO)c3ccccc3)cc2)c1. The van der Waals surface area contributed by atoms with Crippen LogP contribution in [0.25, 0.3) is 5.69 Å². The van der Waals surface area contributed by atoms with Crippen LogP contribution in [-0.4, -0.2) is 33.9 Å². The van der Waals surface area contributed by atoms with Crippen LogP contribution in [0.5, 0.6) is 0 Å². The molecule has 0 saturated carbocycles. The summed E-state index contributed by atoms with van der Waals surface area (Å²) in [5.41, 5.74) is 3.72. The lowest BCUT2D eigenvalue weighted by Crippen LogP contribution is -2.28. The molecule has 5 heteroatoms. The Kier molecular flexibility index (Phi) is 5.81.